The summed E-state index contributed by atoms with van der Waals surface area (Å²) in [6.07, 6.45) is 1.13. The molecule has 2 heterocycles. The Labute approximate surface area is 109 Å². The largest absolute Gasteiger partial charge is 0.489 e. The lowest BCUT2D eigenvalue weighted by atomic mass is 10.1. The second-order valence-corrected chi connectivity index (χ2v) is 5.36. The Morgan fingerprint density at radius 2 is 2.44 bits per heavy atom. The zero-order valence-electron chi connectivity index (χ0n) is 10.0. The van der Waals surface area contributed by atoms with Crippen LogP contribution in [0.25, 0.3) is 0 Å². The Balaban J connectivity index is 1.61. The lowest BCUT2D eigenvalue weighted by molar-refractivity contribution is 0.259. The highest BCUT2D eigenvalue weighted by Gasteiger charge is 2.23. The van der Waals surface area contributed by atoms with E-state index in [1.54, 1.807) is 11.8 Å². The summed E-state index contributed by atoms with van der Waals surface area (Å²) in [5.41, 5.74) is 8.03. The maximum absolute atomic E-state index is 5.87. The number of hydrogen-bond acceptors (Lipinski definition) is 5. The Morgan fingerprint density at radius 1 is 1.56 bits per heavy atom. The molecule has 5 nitrogen and oxygen atoms in total. The first kappa shape index (κ1) is 11.4. The van der Waals surface area contributed by atoms with Crippen molar-refractivity contribution >= 4 is 17.7 Å². The van der Waals surface area contributed by atoms with Gasteiger partial charge in [0.15, 0.2) is 0 Å². The molecule has 0 saturated carbocycles. The molecule has 1 aromatic carbocycles. The van der Waals surface area contributed by atoms with E-state index in [0.29, 0.717) is 11.1 Å². The minimum Gasteiger partial charge on any atom is -0.489 e. The highest BCUT2D eigenvalue weighted by atomic mass is 32.2. The molecule has 2 aromatic rings. The molecule has 3 rings (SSSR count). The number of nitrogen functional groups attached to an aromatic ring is 1. The number of H-pyrrole nitrogens is 1. The van der Waals surface area contributed by atoms with Crippen LogP contribution in [0, 0.1) is 6.92 Å². The van der Waals surface area contributed by atoms with Gasteiger partial charge in [-0.2, -0.15) is 4.98 Å². The molecular formula is C12H14N4OS. The molecule has 1 atom stereocenters. The van der Waals surface area contributed by atoms with Gasteiger partial charge in [0.25, 0.3) is 0 Å². The Kier molecular flexibility index (Phi) is 2.87. The van der Waals surface area contributed by atoms with Crippen LogP contribution < -0.4 is 10.5 Å². The molecule has 1 unspecified atom stereocenters. The molecule has 0 saturated heterocycles. The van der Waals surface area contributed by atoms with E-state index in [2.05, 4.69) is 34.2 Å². The van der Waals surface area contributed by atoms with Gasteiger partial charge >= 0.3 is 0 Å². The Bertz CT molecular complexity index is 569. The Hall–Kier alpha value is -1.69. The van der Waals surface area contributed by atoms with Gasteiger partial charge in [0, 0.05) is 12.2 Å². The first-order valence-electron chi connectivity index (χ1n) is 5.77. The van der Waals surface area contributed by atoms with E-state index in [0.717, 1.165) is 17.9 Å². The van der Waals surface area contributed by atoms with Crippen molar-refractivity contribution in [1.82, 2.24) is 15.2 Å². The van der Waals surface area contributed by atoms with E-state index in [1.165, 1.54) is 11.1 Å². The maximum atomic E-state index is 5.87. The molecular weight excluding hydrogens is 248 g/mol. The number of thioether (sulfide) groups is 1. The standard InChI is InChI=1S/C12H14N4OS/c1-7-2-3-10-8(4-7)5-9(17-10)6-18-12-14-11(13)15-16-12/h2-4,9H,5-6H2,1H3,(H3,13,14,15,16). The number of nitrogens with one attached hydrogen (secondary N) is 1. The zero-order valence-corrected chi connectivity index (χ0v) is 10.8. The fourth-order valence-electron chi connectivity index (χ4n) is 2.03. The monoisotopic (exact) mass is 262 g/mol. The van der Waals surface area contributed by atoms with Crippen molar-refractivity contribution in [2.24, 2.45) is 0 Å². The van der Waals surface area contributed by atoms with E-state index in [-0.39, 0.29) is 6.10 Å². The number of rotatable bonds is 3. The minimum atomic E-state index is 0.187. The van der Waals surface area contributed by atoms with Crippen molar-refractivity contribution in [1.29, 1.82) is 0 Å². The van der Waals surface area contributed by atoms with Crippen LogP contribution in [0.2, 0.25) is 0 Å². The first-order valence-corrected chi connectivity index (χ1v) is 6.76. The van der Waals surface area contributed by atoms with Crippen molar-refractivity contribution in [3.8, 4) is 5.75 Å². The average molecular weight is 262 g/mol. The SMILES string of the molecule is Cc1ccc2c(c1)CC(CSc1n[nH]c(N)n1)O2. The van der Waals surface area contributed by atoms with E-state index in [9.17, 15) is 0 Å². The predicted octanol–water partition coefficient (Wildman–Crippen LogP) is 1.79. The fourth-order valence-corrected chi connectivity index (χ4v) is 2.83. The smallest absolute Gasteiger partial charge is 0.216 e. The van der Waals surface area contributed by atoms with Crippen LogP contribution in [-0.2, 0) is 6.42 Å². The molecule has 0 aliphatic carbocycles. The number of benzene rings is 1. The summed E-state index contributed by atoms with van der Waals surface area (Å²) < 4.78 is 5.87. The van der Waals surface area contributed by atoms with Crippen LogP contribution in [0.4, 0.5) is 5.95 Å². The molecule has 18 heavy (non-hydrogen) atoms. The minimum absolute atomic E-state index is 0.187. The van der Waals surface area contributed by atoms with Crippen molar-refractivity contribution in [2.75, 3.05) is 11.5 Å². The lowest BCUT2D eigenvalue weighted by Gasteiger charge is -2.08. The maximum Gasteiger partial charge on any atom is 0.216 e. The molecule has 0 radical (unpaired) electrons. The number of anilines is 1. The molecule has 0 fully saturated rings. The van der Waals surface area contributed by atoms with E-state index in [1.807, 2.05) is 6.07 Å². The third-order valence-electron chi connectivity index (χ3n) is 2.84. The second kappa shape index (κ2) is 4.53. The molecule has 6 heteroatoms. The van der Waals surface area contributed by atoms with Crippen molar-refractivity contribution in [3.63, 3.8) is 0 Å². The fraction of sp³-hybridized carbons (Fsp3) is 0.333. The number of nitrogens with two attached hydrogens (primary N) is 1. The van der Waals surface area contributed by atoms with E-state index < -0.39 is 0 Å². The number of hydrogen-bond donors (Lipinski definition) is 2. The average Bonchev–Trinajstić information content (AvgIpc) is 2.92. The number of fused-ring (bicyclic) bond motifs is 1. The van der Waals surface area contributed by atoms with Crippen LogP contribution in [-0.4, -0.2) is 27.0 Å². The summed E-state index contributed by atoms with van der Waals surface area (Å²) in [6, 6.07) is 6.30. The second-order valence-electron chi connectivity index (χ2n) is 4.37. The lowest BCUT2D eigenvalue weighted by Crippen LogP contribution is -2.15. The molecule has 1 aromatic heterocycles. The van der Waals surface area contributed by atoms with Crippen molar-refractivity contribution < 1.29 is 4.74 Å². The van der Waals surface area contributed by atoms with Crippen LogP contribution in [0.1, 0.15) is 11.1 Å². The predicted molar refractivity (Wildman–Crippen MR) is 70.8 cm³/mol. The van der Waals surface area contributed by atoms with E-state index in [4.69, 9.17) is 10.5 Å². The molecule has 0 amide bonds. The number of aromatic nitrogens is 3. The topological polar surface area (TPSA) is 76.8 Å². The molecule has 0 spiro atoms. The van der Waals surface area contributed by atoms with Crippen LogP contribution in [0.3, 0.4) is 0 Å². The summed E-state index contributed by atoms with van der Waals surface area (Å²) >= 11 is 1.55. The van der Waals surface area contributed by atoms with Gasteiger partial charge in [-0.3, -0.25) is 0 Å². The van der Waals surface area contributed by atoms with Gasteiger partial charge in [0.1, 0.15) is 11.9 Å². The van der Waals surface area contributed by atoms with Gasteiger partial charge < -0.3 is 10.5 Å². The third kappa shape index (κ3) is 2.28. The Morgan fingerprint density at radius 3 is 3.22 bits per heavy atom. The number of aromatic amines is 1. The summed E-state index contributed by atoms with van der Waals surface area (Å²) in [4.78, 5) is 4.05. The van der Waals surface area contributed by atoms with Crippen LogP contribution in [0.5, 0.6) is 5.75 Å². The molecule has 94 valence electrons. The molecule has 1 aliphatic rings. The first-order chi connectivity index (χ1) is 8.70. The molecule has 1 aliphatic heterocycles. The van der Waals surface area contributed by atoms with Gasteiger partial charge in [-0.05, 0) is 18.6 Å². The summed E-state index contributed by atoms with van der Waals surface area (Å²) in [5.74, 6) is 2.18. The summed E-state index contributed by atoms with van der Waals surface area (Å²) in [7, 11) is 0. The van der Waals surface area contributed by atoms with Crippen molar-refractivity contribution in [2.45, 2.75) is 24.6 Å². The molecule has 3 N–H and O–H groups in total. The zero-order chi connectivity index (χ0) is 12.5. The summed E-state index contributed by atoms with van der Waals surface area (Å²) in [5, 5.41) is 7.28. The van der Waals surface area contributed by atoms with Crippen molar-refractivity contribution in [3.05, 3.63) is 29.3 Å². The highest BCUT2D eigenvalue weighted by Crippen LogP contribution is 2.31. The van der Waals surface area contributed by atoms with E-state index >= 15 is 0 Å². The van der Waals surface area contributed by atoms with Gasteiger partial charge in [-0.1, -0.05) is 29.5 Å². The third-order valence-corrected chi connectivity index (χ3v) is 3.82. The van der Waals surface area contributed by atoms with Gasteiger partial charge in [0.05, 0.1) is 0 Å². The molecule has 0 bridgehead atoms. The normalized spacial score (nSPS) is 17.5. The number of aryl methyl sites for hydroxylation is 1. The number of ether oxygens (including phenoxy) is 1. The van der Waals surface area contributed by atoms with Gasteiger partial charge in [-0.15, -0.1) is 5.10 Å². The van der Waals surface area contributed by atoms with Gasteiger partial charge in [0.2, 0.25) is 11.1 Å². The quantitative estimate of drug-likeness (QED) is 0.825. The highest BCUT2D eigenvalue weighted by molar-refractivity contribution is 7.99. The summed E-state index contributed by atoms with van der Waals surface area (Å²) in [6.45, 7) is 2.10. The van der Waals surface area contributed by atoms with Crippen LogP contribution in [0.15, 0.2) is 23.4 Å². The van der Waals surface area contributed by atoms with Crippen LogP contribution >= 0.6 is 11.8 Å². The van der Waals surface area contributed by atoms with Gasteiger partial charge in [-0.25, -0.2) is 5.10 Å². The number of nitrogens with zero attached hydrogens (tertiary/aromatic N) is 2.